The number of hydrogen-bond acceptors (Lipinski definition) is 3. The number of carboxylic acids is 1. The smallest absolute Gasteiger partial charge is 0.354 e. The van der Waals surface area contributed by atoms with Gasteiger partial charge in [-0.25, -0.2) is 14.2 Å². The van der Waals surface area contributed by atoms with Crippen LogP contribution in [0, 0.1) is 19.7 Å². The van der Waals surface area contributed by atoms with E-state index in [1.165, 1.54) is 12.1 Å². The third-order valence-electron chi connectivity index (χ3n) is 5.27. The van der Waals surface area contributed by atoms with Crippen LogP contribution >= 0.6 is 0 Å². The van der Waals surface area contributed by atoms with Gasteiger partial charge in [-0.15, -0.1) is 0 Å². The lowest BCUT2D eigenvalue weighted by Gasteiger charge is -2.13. The van der Waals surface area contributed by atoms with Gasteiger partial charge in [0, 0.05) is 17.6 Å². The predicted molar refractivity (Wildman–Crippen MR) is 112 cm³/mol. The van der Waals surface area contributed by atoms with E-state index >= 15 is 0 Å². The first-order valence-corrected chi connectivity index (χ1v) is 9.59. The first-order valence-electron chi connectivity index (χ1n) is 9.59. The van der Waals surface area contributed by atoms with Crippen LogP contribution in [0.4, 0.5) is 4.39 Å². The number of rotatable bonds is 6. The fourth-order valence-electron chi connectivity index (χ4n) is 3.53. The molecule has 6 heteroatoms. The first kappa shape index (κ1) is 19.6. The van der Waals surface area contributed by atoms with Crippen LogP contribution in [0.3, 0.4) is 0 Å². The molecule has 4 rings (SSSR count). The first-order chi connectivity index (χ1) is 14.4. The standard InChI is InChI=1S/C24H21FN2O3/c1-15-16(2)27(13-17-6-4-3-5-7-17)22-20(15)12-21(24(28)29)26-23(22)30-14-18-8-10-19(25)11-9-18/h3-12H,13-14H2,1-2H3,(H,28,29). The van der Waals surface area contributed by atoms with E-state index in [9.17, 15) is 14.3 Å². The van der Waals surface area contributed by atoms with Crippen molar-refractivity contribution in [1.29, 1.82) is 0 Å². The zero-order valence-corrected chi connectivity index (χ0v) is 16.7. The zero-order chi connectivity index (χ0) is 21.3. The fraction of sp³-hybridized carbons (Fsp3) is 0.167. The molecule has 4 aromatic rings. The Morgan fingerprint density at radius 1 is 1.07 bits per heavy atom. The van der Waals surface area contributed by atoms with Gasteiger partial charge in [0.15, 0.2) is 5.69 Å². The number of carbonyl (C=O) groups is 1. The maximum absolute atomic E-state index is 13.2. The van der Waals surface area contributed by atoms with Gasteiger partial charge in [-0.2, -0.15) is 0 Å². The van der Waals surface area contributed by atoms with Crippen LogP contribution in [0.1, 0.15) is 32.9 Å². The van der Waals surface area contributed by atoms with Gasteiger partial charge in [0.2, 0.25) is 5.88 Å². The number of pyridine rings is 1. The van der Waals surface area contributed by atoms with Gasteiger partial charge >= 0.3 is 5.97 Å². The normalized spacial score (nSPS) is 11.0. The van der Waals surface area contributed by atoms with Gasteiger partial charge in [-0.1, -0.05) is 42.5 Å². The second-order valence-corrected chi connectivity index (χ2v) is 7.21. The largest absolute Gasteiger partial charge is 0.477 e. The molecule has 5 nitrogen and oxygen atoms in total. The molecule has 0 aliphatic carbocycles. The molecule has 0 saturated heterocycles. The molecule has 0 atom stereocenters. The maximum Gasteiger partial charge on any atom is 0.354 e. The zero-order valence-electron chi connectivity index (χ0n) is 16.7. The number of aryl methyl sites for hydroxylation is 1. The molecule has 0 aliphatic rings. The molecule has 2 aromatic heterocycles. The highest BCUT2D eigenvalue weighted by atomic mass is 19.1. The summed E-state index contributed by atoms with van der Waals surface area (Å²) >= 11 is 0. The number of benzene rings is 2. The highest BCUT2D eigenvalue weighted by Gasteiger charge is 2.20. The molecular weight excluding hydrogens is 383 g/mol. The molecule has 152 valence electrons. The Kier molecular flexibility index (Phi) is 5.23. The third kappa shape index (κ3) is 3.76. The average Bonchev–Trinajstić information content (AvgIpc) is 2.99. The molecule has 30 heavy (non-hydrogen) atoms. The lowest BCUT2D eigenvalue weighted by molar-refractivity contribution is 0.0689. The van der Waals surface area contributed by atoms with Crippen molar-refractivity contribution in [2.45, 2.75) is 27.0 Å². The summed E-state index contributed by atoms with van der Waals surface area (Å²) in [4.78, 5) is 15.9. The highest BCUT2D eigenvalue weighted by molar-refractivity contribution is 5.96. The Morgan fingerprint density at radius 2 is 1.77 bits per heavy atom. The van der Waals surface area contributed by atoms with Gasteiger partial charge < -0.3 is 14.4 Å². The second-order valence-electron chi connectivity index (χ2n) is 7.21. The summed E-state index contributed by atoms with van der Waals surface area (Å²) in [6.07, 6.45) is 0. The summed E-state index contributed by atoms with van der Waals surface area (Å²) in [6, 6.07) is 17.6. The molecule has 0 fully saturated rings. The Hall–Kier alpha value is -3.67. The van der Waals surface area contributed by atoms with E-state index in [1.807, 2.05) is 44.2 Å². The molecule has 0 bridgehead atoms. The number of fused-ring (bicyclic) bond motifs is 1. The Balaban J connectivity index is 1.82. The van der Waals surface area contributed by atoms with Crippen molar-refractivity contribution in [3.05, 3.63) is 94.6 Å². The van der Waals surface area contributed by atoms with Crippen LogP contribution in [-0.4, -0.2) is 20.6 Å². The molecule has 2 heterocycles. The van der Waals surface area contributed by atoms with Crippen LogP contribution in [0.25, 0.3) is 10.9 Å². The second kappa shape index (κ2) is 7.99. The van der Waals surface area contributed by atoms with Gasteiger partial charge in [0.05, 0.1) is 0 Å². The topological polar surface area (TPSA) is 64.4 Å². The van der Waals surface area contributed by atoms with E-state index in [4.69, 9.17) is 4.74 Å². The van der Waals surface area contributed by atoms with Crippen molar-refractivity contribution in [2.75, 3.05) is 0 Å². The minimum atomic E-state index is -1.11. The van der Waals surface area contributed by atoms with Gasteiger partial charge in [0.1, 0.15) is 17.9 Å². The van der Waals surface area contributed by atoms with Crippen LogP contribution < -0.4 is 4.74 Å². The summed E-state index contributed by atoms with van der Waals surface area (Å²) in [6.45, 7) is 4.73. The number of nitrogens with zero attached hydrogens (tertiary/aromatic N) is 2. The van der Waals surface area contributed by atoms with E-state index in [2.05, 4.69) is 9.55 Å². The fourth-order valence-corrected chi connectivity index (χ4v) is 3.53. The summed E-state index contributed by atoms with van der Waals surface area (Å²) in [5, 5.41) is 10.3. The number of halogens is 1. The van der Waals surface area contributed by atoms with Crippen LogP contribution in [0.15, 0.2) is 60.7 Å². The SMILES string of the molecule is Cc1c(C)n(Cc2ccccc2)c2c(OCc3ccc(F)cc3)nc(C(=O)O)cc12. The summed E-state index contributed by atoms with van der Waals surface area (Å²) in [7, 11) is 0. The molecule has 1 N–H and O–H groups in total. The highest BCUT2D eigenvalue weighted by Crippen LogP contribution is 2.33. The number of carboxylic acid groups (broad SMARTS) is 1. The Morgan fingerprint density at radius 3 is 2.43 bits per heavy atom. The predicted octanol–water partition coefficient (Wildman–Crippen LogP) is 5.12. The summed E-state index contributed by atoms with van der Waals surface area (Å²) in [5.74, 6) is -1.19. The number of aromatic nitrogens is 2. The van der Waals surface area contributed by atoms with Gasteiger partial charge in [-0.05, 0) is 48.7 Å². The molecule has 0 amide bonds. The van der Waals surface area contributed by atoms with E-state index in [-0.39, 0.29) is 24.0 Å². The summed E-state index contributed by atoms with van der Waals surface area (Å²) < 4.78 is 21.2. The van der Waals surface area contributed by atoms with Crippen molar-refractivity contribution in [3.8, 4) is 5.88 Å². The van der Waals surface area contributed by atoms with Crippen molar-refractivity contribution in [2.24, 2.45) is 0 Å². The molecule has 2 aromatic carbocycles. The molecular formula is C24H21FN2O3. The Labute approximate surface area is 173 Å². The minimum absolute atomic E-state index is 0.0726. The van der Waals surface area contributed by atoms with Crippen molar-refractivity contribution in [3.63, 3.8) is 0 Å². The lowest BCUT2D eigenvalue weighted by atomic mass is 10.1. The van der Waals surface area contributed by atoms with Crippen LogP contribution in [0.2, 0.25) is 0 Å². The van der Waals surface area contributed by atoms with Crippen LogP contribution in [-0.2, 0) is 13.2 Å². The number of hydrogen-bond donors (Lipinski definition) is 1. The number of ether oxygens (including phenoxy) is 1. The number of aromatic carboxylic acids is 1. The van der Waals surface area contributed by atoms with Gasteiger partial charge in [-0.3, -0.25) is 0 Å². The van der Waals surface area contributed by atoms with Crippen LogP contribution in [0.5, 0.6) is 5.88 Å². The van der Waals surface area contributed by atoms with E-state index < -0.39 is 5.97 Å². The average molecular weight is 404 g/mol. The van der Waals surface area contributed by atoms with E-state index in [0.717, 1.165) is 33.3 Å². The lowest BCUT2D eigenvalue weighted by Crippen LogP contribution is -2.08. The van der Waals surface area contributed by atoms with E-state index in [0.29, 0.717) is 6.54 Å². The van der Waals surface area contributed by atoms with E-state index in [1.54, 1.807) is 18.2 Å². The van der Waals surface area contributed by atoms with Crippen molar-refractivity contribution in [1.82, 2.24) is 9.55 Å². The Bertz CT molecular complexity index is 1220. The van der Waals surface area contributed by atoms with Crippen molar-refractivity contribution >= 4 is 16.9 Å². The molecule has 0 aliphatic heterocycles. The minimum Gasteiger partial charge on any atom is -0.477 e. The molecule has 0 saturated carbocycles. The molecule has 0 radical (unpaired) electrons. The quantitative estimate of drug-likeness (QED) is 0.485. The molecule has 0 spiro atoms. The summed E-state index contributed by atoms with van der Waals surface area (Å²) in [5.41, 5.74) is 4.56. The maximum atomic E-state index is 13.2. The monoisotopic (exact) mass is 404 g/mol. The van der Waals surface area contributed by atoms with Gasteiger partial charge in [0.25, 0.3) is 0 Å². The molecule has 0 unspecified atom stereocenters. The van der Waals surface area contributed by atoms with Crippen molar-refractivity contribution < 1.29 is 19.0 Å². The third-order valence-corrected chi connectivity index (χ3v) is 5.27.